The van der Waals surface area contributed by atoms with Gasteiger partial charge in [0.2, 0.25) is 0 Å². The molecule has 3 rings (SSSR count). The summed E-state index contributed by atoms with van der Waals surface area (Å²) in [5, 5.41) is 13.5. The van der Waals surface area contributed by atoms with E-state index in [2.05, 4.69) is 34.2 Å². The largest absolute Gasteiger partial charge is 0.488 e. The smallest absolute Gasteiger partial charge is 0.123 e. The predicted octanol–water partition coefficient (Wildman–Crippen LogP) is 3.28. The summed E-state index contributed by atoms with van der Waals surface area (Å²) >= 11 is 3.51. The Hall–Kier alpha value is -0.580. The van der Waals surface area contributed by atoms with Gasteiger partial charge in [0.15, 0.2) is 0 Å². The first-order chi connectivity index (χ1) is 10.1. The zero-order chi connectivity index (χ0) is 14.9. The van der Waals surface area contributed by atoms with E-state index < -0.39 is 0 Å². The van der Waals surface area contributed by atoms with Gasteiger partial charge in [-0.15, -0.1) is 0 Å². The molecule has 4 heteroatoms. The van der Waals surface area contributed by atoms with Crippen molar-refractivity contribution in [3.05, 3.63) is 28.2 Å². The molecule has 116 valence electrons. The molecule has 1 saturated carbocycles. The van der Waals surface area contributed by atoms with Crippen LogP contribution in [0.2, 0.25) is 0 Å². The van der Waals surface area contributed by atoms with Crippen LogP contribution in [0.1, 0.15) is 38.2 Å². The van der Waals surface area contributed by atoms with Crippen molar-refractivity contribution in [2.24, 2.45) is 5.92 Å². The van der Waals surface area contributed by atoms with Gasteiger partial charge in [-0.1, -0.05) is 35.7 Å². The third-order valence-electron chi connectivity index (χ3n) is 4.86. The molecular weight excluding hydrogens is 330 g/mol. The maximum atomic E-state index is 9.83. The second kappa shape index (κ2) is 6.27. The molecule has 0 spiro atoms. The highest BCUT2D eigenvalue weighted by Crippen LogP contribution is 2.34. The van der Waals surface area contributed by atoms with E-state index in [1.165, 1.54) is 18.4 Å². The topological polar surface area (TPSA) is 41.5 Å². The van der Waals surface area contributed by atoms with Gasteiger partial charge in [0.05, 0.1) is 6.61 Å². The number of ether oxygens (including phenoxy) is 1. The van der Waals surface area contributed by atoms with Crippen LogP contribution >= 0.6 is 15.9 Å². The number of halogens is 1. The number of nitrogens with one attached hydrogen (secondary N) is 1. The summed E-state index contributed by atoms with van der Waals surface area (Å²) in [6, 6.07) is 6.19. The molecule has 1 aromatic carbocycles. The van der Waals surface area contributed by atoms with Gasteiger partial charge in [-0.25, -0.2) is 0 Å². The van der Waals surface area contributed by atoms with Gasteiger partial charge in [0.1, 0.15) is 11.9 Å². The molecule has 3 nitrogen and oxygen atoms in total. The highest BCUT2D eigenvalue weighted by atomic mass is 79.9. The highest BCUT2D eigenvalue weighted by molar-refractivity contribution is 9.10. The van der Waals surface area contributed by atoms with Crippen molar-refractivity contribution < 1.29 is 9.84 Å². The Bertz CT molecular complexity index is 508. The van der Waals surface area contributed by atoms with Crippen molar-refractivity contribution in [1.29, 1.82) is 0 Å². The predicted molar refractivity (Wildman–Crippen MR) is 87.7 cm³/mol. The van der Waals surface area contributed by atoms with Gasteiger partial charge < -0.3 is 15.2 Å². The number of benzene rings is 1. The van der Waals surface area contributed by atoms with E-state index in [1.807, 2.05) is 12.1 Å². The Morgan fingerprint density at radius 1 is 1.48 bits per heavy atom. The zero-order valence-corrected chi connectivity index (χ0v) is 14.2. The molecular formula is C17H24BrNO2. The molecule has 0 radical (unpaired) electrons. The Morgan fingerprint density at radius 3 is 3.10 bits per heavy atom. The molecule has 0 amide bonds. The number of hydrogen-bond acceptors (Lipinski definition) is 3. The quantitative estimate of drug-likeness (QED) is 0.872. The van der Waals surface area contributed by atoms with E-state index in [0.29, 0.717) is 5.92 Å². The van der Waals surface area contributed by atoms with Crippen LogP contribution in [0.25, 0.3) is 0 Å². The van der Waals surface area contributed by atoms with Crippen molar-refractivity contribution in [3.8, 4) is 5.75 Å². The molecule has 1 heterocycles. The summed E-state index contributed by atoms with van der Waals surface area (Å²) in [7, 11) is 0. The maximum absolute atomic E-state index is 9.83. The average molecular weight is 354 g/mol. The number of aliphatic hydroxyl groups excluding tert-OH is 1. The molecule has 0 aromatic heterocycles. The van der Waals surface area contributed by atoms with Gasteiger partial charge in [-0.3, -0.25) is 0 Å². The van der Waals surface area contributed by atoms with Crippen LogP contribution in [0.3, 0.4) is 0 Å². The summed E-state index contributed by atoms with van der Waals surface area (Å²) in [4.78, 5) is 0. The highest BCUT2D eigenvalue weighted by Gasteiger charge is 2.35. The molecule has 2 N–H and O–H groups in total. The van der Waals surface area contributed by atoms with E-state index in [9.17, 15) is 5.11 Å². The van der Waals surface area contributed by atoms with Crippen molar-refractivity contribution in [3.63, 3.8) is 0 Å². The fourth-order valence-corrected chi connectivity index (χ4v) is 4.16. The fourth-order valence-electron chi connectivity index (χ4n) is 3.75. The molecule has 0 bridgehead atoms. The molecule has 1 aliphatic carbocycles. The Morgan fingerprint density at radius 2 is 2.33 bits per heavy atom. The SMILES string of the molecule is CC1CCCC(CO)(NCC2Cc3cc(Br)ccc3O2)C1. The first kappa shape index (κ1) is 15.3. The normalized spacial score (nSPS) is 31.8. The van der Waals surface area contributed by atoms with Crippen LogP contribution in [-0.4, -0.2) is 29.9 Å². The minimum absolute atomic E-state index is 0.101. The zero-order valence-electron chi connectivity index (χ0n) is 12.6. The summed E-state index contributed by atoms with van der Waals surface area (Å²) in [6.45, 7) is 3.31. The van der Waals surface area contributed by atoms with E-state index in [1.54, 1.807) is 0 Å². The van der Waals surface area contributed by atoms with Crippen LogP contribution in [-0.2, 0) is 6.42 Å². The molecule has 3 atom stereocenters. The molecule has 21 heavy (non-hydrogen) atoms. The maximum Gasteiger partial charge on any atom is 0.123 e. The van der Waals surface area contributed by atoms with Crippen molar-refractivity contribution >= 4 is 15.9 Å². The van der Waals surface area contributed by atoms with Crippen molar-refractivity contribution in [2.75, 3.05) is 13.2 Å². The number of hydrogen-bond donors (Lipinski definition) is 2. The summed E-state index contributed by atoms with van der Waals surface area (Å²) in [5.41, 5.74) is 1.17. The first-order valence-corrected chi connectivity index (χ1v) is 8.70. The number of rotatable bonds is 4. The summed E-state index contributed by atoms with van der Waals surface area (Å²) in [5.74, 6) is 1.69. The lowest BCUT2D eigenvalue weighted by atomic mass is 9.77. The van der Waals surface area contributed by atoms with Crippen molar-refractivity contribution in [1.82, 2.24) is 5.32 Å². The monoisotopic (exact) mass is 353 g/mol. The van der Waals surface area contributed by atoms with E-state index in [4.69, 9.17) is 4.74 Å². The third kappa shape index (κ3) is 3.43. The lowest BCUT2D eigenvalue weighted by Crippen LogP contribution is -2.54. The molecule has 1 fully saturated rings. The van der Waals surface area contributed by atoms with Gasteiger partial charge in [-0.2, -0.15) is 0 Å². The third-order valence-corrected chi connectivity index (χ3v) is 5.36. The van der Waals surface area contributed by atoms with Crippen molar-refractivity contribution in [2.45, 2.75) is 50.7 Å². The minimum Gasteiger partial charge on any atom is -0.488 e. The first-order valence-electron chi connectivity index (χ1n) is 7.91. The standard InChI is InChI=1S/C17H24BrNO2/c1-12-3-2-6-17(9-12,11-20)19-10-15-8-13-7-14(18)4-5-16(13)21-15/h4-5,7,12,15,19-20H,2-3,6,8-11H2,1H3. The average Bonchev–Trinajstić information content (AvgIpc) is 2.87. The lowest BCUT2D eigenvalue weighted by molar-refractivity contribution is 0.0874. The molecule has 3 unspecified atom stereocenters. The van der Waals surface area contributed by atoms with Gasteiger partial charge in [0.25, 0.3) is 0 Å². The van der Waals surface area contributed by atoms with E-state index in [0.717, 1.165) is 36.0 Å². The molecule has 1 aromatic rings. The number of aliphatic hydroxyl groups is 1. The van der Waals surface area contributed by atoms with Crippen LogP contribution < -0.4 is 10.1 Å². The molecule has 0 saturated heterocycles. The Balaban J connectivity index is 1.58. The van der Waals surface area contributed by atoms with Gasteiger partial charge >= 0.3 is 0 Å². The molecule has 1 aliphatic heterocycles. The number of fused-ring (bicyclic) bond motifs is 1. The van der Waals surface area contributed by atoms with Gasteiger partial charge in [-0.05, 0) is 42.5 Å². The van der Waals surface area contributed by atoms with Crippen LogP contribution in [0.4, 0.5) is 0 Å². The molecule has 2 aliphatic rings. The summed E-state index contributed by atoms with van der Waals surface area (Å²) in [6.07, 6.45) is 5.73. The minimum atomic E-state index is -0.101. The second-order valence-corrected chi connectivity index (χ2v) is 7.63. The van der Waals surface area contributed by atoms with Crippen LogP contribution in [0, 0.1) is 5.92 Å². The van der Waals surface area contributed by atoms with E-state index >= 15 is 0 Å². The Labute approximate surface area is 135 Å². The summed E-state index contributed by atoms with van der Waals surface area (Å²) < 4.78 is 7.11. The van der Waals surface area contributed by atoms with Crippen LogP contribution in [0.15, 0.2) is 22.7 Å². The Kier molecular flexibility index (Phi) is 4.57. The van der Waals surface area contributed by atoms with Crippen LogP contribution in [0.5, 0.6) is 5.75 Å². The lowest BCUT2D eigenvalue weighted by Gasteiger charge is -2.40. The van der Waals surface area contributed by atoms with E-state index in [-0.39, 0.29) is 18.2 Å². The second-order valence-electron chi connectivity index (χ2n) is 6.72. The fraction of sp³-hybridized carbons (Fsp3) is 0.647. The van der Waals surface area contributed by atoms with Gasteiger partial charge in [0, 0.05) is 23.0 Å².